The molecule has 1 rings (SSSR count). The van der Waals surface area contributed by atoms with Crippen LogP contribution in [0.3, 0.4) is 0 Å². The van der Waals surface area contributed by atoms with Crippen molar-refractivity contribution >= 4 is 35.1 Å². The zero-order valence-corrected chi connectivity index (χ0v) is 13.5. The molecule has 3 amide bonds. The van der Waals surface area contributed by atoms with Gasteiger partial charge in [0.15, 0.2) is 0 Å². The average molecular weight is 345 g/mol. The molecule has 1 aromatic carbocycles. The number of anilines is 2. The fraction of sp³-hybridized carbons (Fsp3) is 0.176. The lowest BCUT2D eigenvalue weighted by molar-refractivity contribution is -0.137. The third kappa shape index (κ3) is 7.12. The number of nitrogens with one attached hydrogen (secondary N) is 3. The topological polar surface area (TPSA) is 125 Å². The number of carbonyl (C=O) groups excluding carboxylic acids is 3. The molecule has 0 heterocycles. The van der Waals surface area contributed by atoms with Crippen molar-refractivity contribution in [3.63, 3.8) is 0 Å². The minimum atomic E-state index is -0.946. The fourth-order valence-corrected chi connectivity index (χ4v) is 1.83. The zero-order chi connectivity index (χ0) is 18.8. The van der Waals surface area contributed by atoms with Crippen molar-refractivity contribution in [2.45, 2.75) is 12.8 Å². The van der Waals surface area contributed by atoms with Crippen LogP contribution in [0.4, 0.5) is 11.4 Å². The second kappa shape index (κ2) is 9.66. The first-order chi connectivity index (χ1) is 11.8. The molecule has 0 saturated carbocycles. The van der Waals surface area contributed by atoms with Crippen LogP contribution in [0.25, 0.3) is 0 Å². The highest BCUT2D eigenvalue weighted by molar-refractivity contribution is 6.04. The largest absolute Gasteiger partial charge is 0.481 e. The summed E-state index contributed by atoms with van der Waals surface area (Å²) in [5.41, 5.74) is 0.779. The molecular formula is C17H19N3O5. The lowest BCUT2D eigenvalue weighted by atomic mass is 10.1. The predicted octanol–water partition coefficient (Wildman–Crippen LogP) is 1.53. The lowest BCUT2D eigenvalue weighted by Gasteiger charge is -2.11. The smallest absolute Gasteiger partial charge is 0.303 e. The Hall–Kier alpha value is -3.42. The molecule has 0 bridgehead atoms. The Labute approximate surface area is 144 Å². The molecule has 0 radical (unpaired) electrons. The SMILES string of the molecule is C=CC(=O)Nc1cc(NC(=O)C=C)cc(C(=O)NCCCC(=O)O)c1. The Morgan fingerprint density at radius 2 is 1.48 bits per heavy atom. The molecule has 0 unspecified atom stereocenters. The number of carboxylic acids is 1. The summed E-state index contributed by atoms with van der Waals surface area (Å²) in [6.07, 6.45) is 2.37. The molecule has 0 aliphatic rings. The highest BCUT2D eigenvalue weighted by Crippen LogP contribution is 2.19. The molecular weight excluding hydrogens is 326 g/mol. The summed E-state index contributed by atoms with van der Waals surface area (Å²) in [5, 5.41) is 16.2. The fourth-order valence-electron chi connectivity index (χ4n) is 1.83. The highest BCUT2D eigenvalue weighted by atomic mass is 16.4. The van der Waals surface area contributed by atoms with Gasteiger partial charge in [0, 0.05) is 29.9 Å². The van der Waals surface area contributed by atoms with Gasteiger partial charge in [-0.15, -0.1) is 0 Å². The molecule has 0 aromatic heterocycles. The van der Waals surface area contributed by atoms with Gasteiger partial charge in [-0.05, 0) is 36.8 Å². The Morgan fingerprint density at radius 3 is 1.92 bits per heavy atom. The normalized spacial score (nSPS) is 9.60. The number of hydrogen-bond donors (Lipinski definition) is 4. The van der Waals surface area contributed by atoms with Crippen molar-refractivity contribution < 1.29 is 24.3 Å². The molecule has 132 valence electrons. The lowest BCUT2D eigenvalue weighted by Crippen LogP contribution is -2.25. The van der Waals surface area contributed by atoms with Gasteiger partial charge < -0.3 is 21.1 Å². The number of amides is 3. The van der Waals surface area contributed by atoms with E-state index in [-0.39, 0.29) is 24.9 Å². The van der Waals surface area contributed by atoms with Gasteiger partial charge >= 0.3 is 5.97 Å². The summed E-state index contributed by atoms with van der Waals surface area (Å²) < 4.78 is 0. The molecule has 0 aliphatic carbocycles. The van der Waals surface area contributed by atoms with Gasteiger partial charge in [-0.25, -0.2) is 0 Å². The van der Waals surface area contributed by atoms with E-state index in [1.54, 1.807) is 0 Å². The van der Waals surface area contributed by atoms with Crippen molar-refractivity contribution in [1.29, 1.82) is 0 Å². The second-order valence-corrected chi connectivity index (χ2v) is 4.94. The number of benzene rings is 1. The second-order valence-electron chi connectivity index (χ2n) is 4.94. The maximum Gasteiger partial charge on any atom is 0.303 e. The number of rotatable bonds is 9. The van der Waals surface area contributed by atoms with Gasteiger partial charge in [-0.1, -0.05) is 13.2 Å². The Bertz CT molecular complexity index is 672. The summed E-state index contributed by atoms with van der Waals surface area (Å²) in [5.74, 6) is -2.35. The summed E-state index contributed by atoms with van der Waals surface area (Å²) in [4.78, 5) is 45.5. The molecule has 8 heteroatoms. The van der Waals surface area contributed by atoms with Crippen LogP contribution < -0.4 is 16.0 Å². The Kier molecular flexibility index (Phi) is 7.58. The van der Waals surface area contributed by atoms with Crippen LogP contribution in [0.2, 0.25) is 0 Å². The molecule has 8 nitrogen and oxygen atoms in total. The predicted molar refractivity (Wildman–Crippen MR) is 93.3 cm³/mol. The number of aliphatic carboxylic acids is 1. The minimum Gasteiger partial charge on any atom is -0.481 e. The van der Waals surface area contributed by atoms with Gasteiger partial charge in [0.1, 0.15) is 0 Å². The van der Waals surface area contributed by atoms with Gasteiger partial charge in [-0.3, -0.25) is 19.2 Å². The van der Waals surface area contributed by atoms with Crippen LogP contribution in [0.15, 0.2) is 43.5 Å². The first-order valence-corrected chi connectivity index (χ1v) is 7.37. The summed E-state index contributed by atoms with van der Waals surface area (Å²) >= 11 is 0. The van der Waals surface area contributed by atoms with Crippen LogP contribution in [0.1, 0.15) is 23.2 Å². The van der Waals surface area contributed by atoms with E-state index in [1.165, 1.54) is 18.2 Å². The Balaban J connectivity index is 2.94. The van der Waals surface area contributed by atoms with Gasteiger partial charge in [-0.2, -0.15) is 0 Å². The minimum absolute atomic E-state index is 0.0592. The number of carbonyl (C=O) groups is 4. The maximum atomic E-state index is 12.2. The molecule has 4 N–H and O–H groups in total. The maximum absolute atomic E-state index is 12.2. The first kappa shape index (κ1) is 19.6. The molecule has 25 heavy (non-hydrogen) atoms. The van der Waals surface area contributed by atoms with Gasteiger partial charge in [0.2, 0.25) is 11.8 Å². The van der Waals surface area contributed by atoms with E-state index in [0.717, 1.165) is 12.2 Å². The standard InChI is InChI=1S/C17H19N3O5/c1-3-14(21)19-12-8-11(9-13(10-12)20-15(22)4-2)17(25)18-7-5-6-16(23)24/h3-4,8-10H,1-2,5-7H2,(H,18,25)(H,19,21)(H,20,22)(H,23,24). The zero-order valence-electron chi connectivity index (χ0n) is 13.5. The van der Waals surface area contributed by atoms with Gasteiger partial charge in [0.05, 0.1) is 0 Å². The number of carboxylic acid groups (broad SMARTS) is 1. The molecule has 0 fully saturated rings. The van der Waals surface area contributed by atoms with Crippen molar-refractivity contribution in [3.8, 4) is 0 Å². The van der Waals surface area contributed by atoms with Crippen LogP contribution in [0, 0.1) is 0 Å². The first-order valence-electron chi connectivity index (χ1n) is 7.37. The molecule has 0 aliphatic heterocycles. The van der Waals surface area contributed by atoms with Crippen molar-refractivity contribution in [3.05, 3.63) is 49.1 Å². The average Bonchev–Trinajstić information content (AvgIpc) is 2.57. The van der Waals surface area contributed by atoms with Crippen molar-refractivity contribution in [2.75, 3.05) is 17.2 Å². The van der Waals surface area contributed by atoms with Crippen LogP contribution >= 0.6 is 0 Å². The van der Waals surface area contributed by atoms with Crippen LogP contribution in [-0.2, 0) is 14.4 Å². The molecule has 0 saturated heterocycles. The van der Waals surface area contributed by atoms with E-state index >= 15 is 0 Å². The van der Waals surface area contributed by atoms with Crippen molar-refractivity contribution in [2.24, 2.45) is 0 Å². The Morgan fingerprint density at radius 1 is 0.960 bits per heavy atom. The van der Waals surface area contributed by atoms with E-state index in [1.807, 2.05) is 0 Å². The van der Waals surface area contributed by atoms with Crippen molar-refractivity contribution in [1.82, 2.24) is 5.32 Å². The quantitative estimate of drug-likeness (QED) is 0.399. The van der Waals surface area contributed by atoms with E-state index in [9.17, 15) is 19.2 Å². The third-order valence-electron chi connectivity index (χ3n) is 2.95. The molecule has 0 spiro atoms. The molecule has 1 aromatic rings. The van der Waals surface area contributed by atoms with E-state index in [0.29, 0.717) is 11.4 Å². The van der Waals surface area contributed by atoms with E-state index < -0.39 is 23.7 Å². The van der Waals surface area contributed by atoms with E-state index in [2.05, 4.69) is 29.1 Å². The third-order valence-corrected chi connectivity index (χ3v) is 2.95. The van der Waals surface area contributed by atoms with Gasteiger partial charge in [0.25, 0.3) is 5.91 Å². The summed E-state index contributed by atoms with van der Waals surface area (Å²) in [6, 6.07) is 4.33. The highest BCUT2D eigenvalue weighted by Gasteiger charge is 2.11. The van der Waals surface area contributed by atoms with E-state index in [4.69, 9.17) is 5.11 Å². The summed E-state index contributed by atoms with van der Waals surface area (Å²) in [7, 11) is 0. The summed E-state index contributed by atoms with van der Waals surface area (Å²) in [6.45, 7) is 6.86. The van der Waals surface area contributed by atoms with Crippen LogP contribution in [-0.4, -0.2) is 35.3 Å². The molecule has 0 atom stereocenters. The van der Waals surface area contributed by atoms with Crippen LogP contribution in [0.5, 0.6) is 0 Å². The number of hydrogen-bond acceptors (Lipinski definition) is 4. The monoisotopic (exact) mass is 345 g/mol.